The fourth-order valence-corrected chi connectivity index (χ4v) is 1.84. The molecule has 0 spiro atoms. The minimum Gasteiger partial charge on any atom is -0.397 e. The summed E-state index contributed by atoms with van der Waals surface area (Å²) in [5.41, 5.74) is 7.81. The Bertz CT molecular complexity index is 781. The van der Waals surface area contributed by atoms with Crippen LogP contribution in [0.4, 0.5) is 11.5 Å². The maximum absolute atomic E-state index is 11.1. The Balaban J connectivity index is 2.59. The molecule has 1 aromatic heterocycles. The van der Waals surface area contributed by atoms with Gasteiger partial charge < -0.3 is 11.1 Å². The smallest absolute Gasteiger partial charge is 0.222 e. The summed E-state index contributed by atoms with van der Waals surface area (Å²) in [6.07, 6.45) is 0. The van der Waals surface area contributed by atoms with Gasteiger partial charge in [0.2, 0.25) is 5.91 Å². The Morgan fingerprint density at radius 3 is 2.43 bits per heavy atom. The number of hydrogen-bond acceptors (Lipinski definition) is 5. The summed E-state index contributed by atoms with van der Waals surface area (Å²) in [7, 11) is 0. The Morgan fingerprint density at radius 2 is 1.90 bits per heavy atom. The van der Waals surface area contributed by atoms with Gasteiger partial charge in [0.1, 0.15) is 17.5 Å². The number of amides is 1. The summed E-state index contributed by atoms with van der Waals surface area (Å²) >= 11 is 0. The van der Waals surface area contributed by atoms with Crippen LogP contribution >= 0.6 is 0 Å². The summed E-state index contributed by atoms with van der Waals surface area (Å²) in [6.45, 7) is 1.36. The number of rotatable bonds is 2. The highest BCUT2D eigenvalue weighted by atomic mass is 16.1. The van der Waals surface area contributed by atoms with Gasteiger partial charge >= 0.3 is 0 Å². The first kappa shape index (κ1) is 14.0. The Hall–Kier alpha value is -3.38. The maximum atomic E-state index is 11.1. The molecule has 0 bridgehead atoms. The minimum atomic E-state index is -0.280. The first-order valence-corrected chi connectivity index (χ1v) is 6.04. The largest absolute Gasteiger partial charge is 0.397 e. The van der Waals surface area contributed by atoms with E-state index in [0.29, 0.717) is 16.8 Å². The number of nitrogen functional groups attached to an aromatic ring is 1. The highest BCUT2D eigenvalue weighted by Gasteiger charge is 2.13. The lowest BCUT2D eigenvalue weighted by Gasteiger charge is -2.10. The summed E-state index contributed by atoms with van der Waals surface area (Å²) in [5.74, 6) is -0.00394. The molecule has 0 unspecified atom stereocenters. The van der Waals surface area contributed by atoms with Crippen molar-refractivity contribution >= 4 is 17.4 Å². The summed E-state index contributed by atoms with van der Waals surface area (Å²) in [6, 6.07) is 12.1. The molecular weight excluding hydrogens is 266 g/mol. The molecule has 2 aromatic rings. The zero-order valence-corrected chi connectivity index (χ0v) is 11.2. The number of pyridine rings is 1. The number of benzene rings is 1. The number of nitrogens with zero attached hydrogens (tertiary/aromatic N) is 3. The molecule has 6 nitrogen and oxygen atoms in total. The van der Waals surface area contributed by atoms with Crippen LogP contribution in [0.25, 0.3) is 11.3 Å². The molecule has 21 heavy (non-hydrogen) atoms. The fourth-order valence-electron chi connectivity index (χ4n) is 1.84. The highest BCUT2D eigenvalue weighted by molar-refractivity contribution is 5.89. The number of nitriles is 2. The molecule has 0 fully saturated rings. The summed E-state index contributed by atoms with van der Waals surface area (Å²) in [5, 5.41) is 20.6. The van der Waals surface area contributed by atoms with E-state index in [1.807, 2.05) is 12.1 Å². The molecule has 0 aliphatic rings. The SMILES string of the molecule is CC(=O)Nc1cc(N)c(C#N)c(-c2ccc(C#N)cc2)n1. The molecule has 0 aliphatic heterocycles. The highest BCUT2D eigenvalue weighted by Crippen LogP contribution is 2.28. The molecule has 0 atom stereocenters. The van der Waals surface area contributed by atoms with Gasteiger partial charge in [-0.2, -0.15) is 10.5 Å². The van der Waals surface area contributed by atoms with Crippen molar-refractivity contribution in [1.82, 2.24) is 4.98 Å². The van der Waals surface area contributed by atoms with Gasteiger partial charge in [0, 0.05) is 18.6 Å². The van der Waals surface area contributed by atoms with Crippen molar-refractivity contribution < 1.29 is 4.79 Å². The van der Waals surface area contributed by atoms with E-state index in [1.54, 1.807) is 24.3 Å². The van der Waals surface area contributed by atoms with E-state index in [1.165, 1.54) is 13.0 Å². The van der Waals surface area contributed by atoms with Crippen LogP contribution in [0.2, 0.25) is 0 Å². The van der Waals surface area contributed by atoms with Crippen molar-refractivity contribution in [2.24, 2.45) is 0 Å². The lowest BCUT2D eigenvalue weighted by molar-refractivity contribution is -0.114. The second-order valence-corrected chi connectivity index (χ2v) is 4.30. The average molecular weight is 277 g/mol. The molecule has 1 heterocycles. The van der Waals surface area contributed by atoms with Crippen LogP contribution in [-0.4, -0.2) is 10.9 Å². The molecule has 1 amide bonds. The van der Waals surface area contributed by atoms with E-state index in [0.717, 1.165) is 0 Å². The normalized spacial score (nSPS) is 9.48. The van der Waals surface area contributed by atoms with E-state index in [-0.39, 0.29) is 23.0 Å². The van der Waals surface area contributed by atoms with Crippen molar-refractivity contribution in [3.05, 3.63) is 41.5 Å². The average Bonchev–Trinajstić information content (AvgIpc) is 2.46. The van der Waals surface area contributed by atoms with Gasteiger partial charge in [-0.05, 0) is 12.1 Å². The third-order valence-corrected chi connectivity index (χ3v) is 2.75. The lowest BCUT2D eigenvalue weighted by atomic mass is 10.0. The van der Waals surface area contributed by atoms with Gasteiger partial charge in [-0.3, -0.25) is 4.79 Å². The molecular formula is C15H11N5O. The molecule has 102 valence electrons. The van der Waals surface area contributed by atoms with E-state index in [2.05, 4.69) is 10.3 Å². The van der Waals surface area contributed by atoms with Gasteiger partial charge in [0.05, 0.1) is 23.0 Å². The predicted molar refractivity (Wildman–Crippen MR) is 77.8 cm³/mol. The third-order valence-electron chi connectivity index (χ3n) is 2.75. The van der Waals surface area contributed by atoms with Crippen molar-refractivity contribution in [1.29, 1.82) is 10.5 Å². The van der Waals surface area contributed by atoms with E-state index in [9.17, 15) is 10.1 Å². The van der Waals surface area contributed by atoms with Crippen LogP contribution in [0.15, 0.2) is 30.3 Å². The summed E-state index contributed by atoms with van der Waals surface area (Å²) < 4.78 is 0. The van der Waals surface area contributed by atoms with Gasteiger partial charge in [0.15, 0.2) is 0 Å². The van der Waals surface area contributed by atoms with Crippen LogP contribution < -0.4 is 11.1 Å². The number of nitrogens with one attached hydrogen (secondary N) is 1. The van der Waals surface area contributed by atoms with Gasteiger partial charge in [-0.15, -0.1) is 0 Å². The zero-order valence-electron chi connectivity index (χ0n) is 11.2. The van der Waals surface area contributed by atoms with E-state index < -0.39 is 0 Å². The number of carbonyl (C=O) groups is 1. The van der Waals surface area contributed by atoms with Crippen molar-refractivity contribution in [2.45, 2.75) is 6.92 Å². The third kappa shape index (κ3) is 2.96. The molecule has 1 aromatic carbocycles. The summed E-state index contributed by atoms with van der Waals surface area (Å²) in [4.78, 5) is 15.4. The second-order valence-electron chi connectivity index (χ2n) is 4.30. The number of nitrogens with two attached hydrogens (primary N) is 1. The molecule has 0 saturated carbocycles. The first-order valence-electron chi connectivity index (χ1n) is 6.04. The zero-order chi connectivity index (χ0) is 15.4. The standard InChI is InChI=1S/C15H11N5O/c1-9(21)19-14-6-13(18)12(8-17)15(20-14)11-4-2-10(7-16)3-5-11/h2-6H,1H3,(H3,18,19,20,21). The van der Waals surface area contributed by atoms with Crippen molar-refractivity contribution in [2.75, 3.05) is 11.1 Å². The maximum Gasteiger partial charge on any atom is 0.222 e. The number of hydrogen-bond donors (Lipinski definition) is 2. The van der Waals surface area contributed by atoms with Gasteiger partial charge in [-0.1, -0.05) is 12.1 Å². The van der Waals surface area contributed by atoms with Crippen LogP contribution in [0.1, 0.15) is 18.1 Å². The monoisotopic (exact) mass is 277 g/mol. The van der Waals surface area contributed by atoms with Crippen molar-refractivity contribution in [3.8, 4) is 23.4 Å². The fraction of sp³-hybridized carbons (Fsp3) is 0.0667. The minimum absolute atomic E-state index is 0.230. The number of aromatic nitrogens is 1. The predicted octanol–water partition coefficient (Wildman–Crippen LogP) is 2.03. The molecule has 6 heteroatoms. The Morgan fingerprint density at radius 1 is 1.24 bits per heavy atom. The molecule has 3 N–H and O–H groups in total. The van der Waals surface area contributed by atoms with Gasteiger partial charge in [-0.25, -0.2) is 4.98 Å². The molecule has 2 rings (SSSR count). The van der Waals surface area contributed by atoms with Crippen molar-refractivity contribution in [3.63, 3.8) is 0 Å². The lowest BCUT2D eigenvalue weighted by Crippen LogP contribution is -2.09. The number of anilines is 2. The first-order chi connectivity index (χ1) is 10.0. The molecule has 0 radical (unpaired) electrons. The van der Waals surface area contributed by atoms with Crippen LogP contribution in [-0.2, 0) is 4.79 Å². The van der Waals surface area contributed by atoms with Gasteiger partial charge in [0.25, 0.3) is 0 Å². The van der Waals surface area contributed by atoms with E-state index in [4.69, 9.17) is 11.0 Å². The molecule has 0 aliphatic carbocycles. The van der Waals surface area contributed by atoms with Crippen LogP contribution in [0.3, 0.4) is 0 Å². The molecule has 0 saturated heterocycles. The second kappa shape index (κ2) is 5.72. The Kier molecular flexibility index (Phi) is 3.83. The number of carbonyl (C=O) groups excluding carboxylic acids is 1. The van der Waals surface area contributed by atoms with E-state index >= 15 is 0 Å². The van der Waals surface area contributed by atoms with Crippen LogP contribution in [0.5, 0.6) is 0 Å². The topological polar surface area (TPSA) is 116 Å². The van der Waals surface area contributed by atoms with Crippen LogP contribution in [0, 0.1) is 22.7 Å². The quantitative estimate of drug-likeness (QED) is 0.871. The Labute approximate surface area is 121 Å².